The molecule has 1 fully saturated rings. The molecule has 2 aliphatic heterocycles. The van der Waals surface area contributed by atoms with Crippen LogP contribution in [0.4, 0.5) is 0 Å². The van der Waals surface area contributed by atoms with Crippen molar-refractivity contribution in [2.24, 2.45) is 10.7 Å². The van der Waals surface area contributed by atoms with Gasteiger partial charge in [-0.1, -0.05) is 18.2 Å². The molecule has 6 heterocycles. The van der Waals surface area contributed by atoms with Crippen molar-refractivity contribution in [3.8, 4) is 27.3 Å². The van der Waals surface area contributed by atoms with E-state index in [4.69, 9.17) is 20.4 Å². The van der Waals surface area contributed by atoms with E-state index in [9.17, 15) is 0 Å². The molecular weight excluding hydrogens is 492 g/mol. The molecule has 5 aromatic rings. The topological polar surface area (TPSA) is 92.4 Å². The number of ether oxygens (including phenoxy) is 1. The quantitative estimate of drug-likeness (QED) is 0.290. The second-order valence-corrected chi connectivity index (χ2v) is 10.8. The first kappa shape index (κ1) is 23.3. The van der Waals surface area contributed by atoms with E-state index >= 15 is 0 Å². The smallest absolute Gasteiger partial charge is 0.141 e. The minimum Gasteiger partial charge on any atom is -0.491 e. The number of nitrogens with zero attached hydrogens (tertiary/aromatic N) is 4. The zero-order valence-corrected chi connectivity index (χ0v) is 21.7. The van der Waals surface area contributed by atoms with Crippen LogP contribution in [0, 0.1) is 0 Å². The molecule has 38 heavy (non-hydrogen) atoms. The van der Waals surface area contributed by atoms with Gasteiger partial charge in [-0.15, -0.1) is 11.3 Å². The number of aliphatic imine (C=N–C) groups is 1. The summed E-state index contributed by atoms with van der Waals surface area (Å²) in [4.78, 5) is 21.2. The number of H-pyrrole nitrogens is 1. The van der Waals surface area contributed by atoms with Gasteiger partial charge in [0.1, 0.15) is 18.5 Å². The molecule has 1 atom stereocenters. The molecule has 2 aliphatic rings. The molecule has 1 saturated heterocycles. The lowest BCUT2D eigenvalue weighted by atomic mass is 10.0. The Morgan fingerprint density at radius 1 is 1.00 bits per heavy atom. The predicted octanol–water partition coefficient (Wildman–Crippen LogP) is 5.64. The van der Waals surface area contributed by atoms with Crippen LogP contribution >= 0.6 is 11.3 Å². The van der Waals surface area contributed by atoms with Crippen molar-refractivity contribution in [2.75, 3.05) is 26.2 Å². The average Bonchev–Trinajstić information content (AvgIpc) is 3.76. The van der Waals surface area contributed by atoms with Crippen LogP contribution in [0.1, 0.15) is 36.0 Å². The summed E-state index contributed by atoms with van der Waals surface area (Å²) in [5.74, 6) is 0.768. The van der Waals surface area contributed by atoms with E-state index in [1.165, 1.54) is 41.8 Å². The molecular formula is C30H28N6OS. The van der Waals surface area contributed by atoms with Crippen LogP contribution < -0.4 is 10.5 Å². The van der Waals surface area contributed by atoms with Crippen molar-refractivity contribution in [3.05, 3.63) is 89.5 Å². The number of aromatic amines is 1. The molecule has 7 nitrogen and oxygen atoms in total. The van der Waals surface area contributed by atoms with Crippen LogP contribution in [0.25, 0.3) is 32.5 Å². The zero-order chi connectivity index (χ0) is 25.5. The predicted molar refractivity (Wildman–Crippen MR) is 153 cm³/mol. The Labute approximate surface area is 225 Å². The van der Waals surface area contributed by atoms with Crippen molar-refractivity contribution < 1.29 is 4.74 Å². The van der Waals surface area contributed by atoms with E-state index in [0.717, 1.165) is 51.6 Å². The highest BCUT2D eigenvalue weighted by Gasteiger charge is 2.27. The summed E-state index contributed by atoms with van der Waals surface area (Å²) < 4.78 is 6.03. The number of nitrogens with two attached hydrogens (primary N) is 1. The van der Waals surface area contributed by atoms with Crippen molar-refractivity contribution in [1.29, 1.82) is 0 Å². The number of rotatable bonds is 7. The summed E-state index contributed by atoms with van der Waals surface area (Å²) in [5.41, 5.74) is 14.1. The molecule has 8 heteroatoms. The fourth-order valence-corrected chi connectivity index (χ4v) is 6.19. The summed E-state index contributed by atoms with van der Waals surface area (Å²) in [6.45, 7) is 3.94. The Morgan fingerprint density at radius 3 is 2.76 bits per heavy atom. The van der Waals surface area contributed by atoms with Gasteiger partial charge in [0.15, 0.2) is 0 Å². The van der Waals surface area contributed by atoms with Gasteiger partial charge in [0.2, 0.25) is 0 Å². The minimum atomic E-state index is -0.490. The number of pyridine rings is 2. The summed E-state index contributed by atoms with van der Waals surface area (Å²) in [7, 11) is 0. The van der Waals surface area contributed by atoms with Gasteiger partial charge in [-0.25, -0.2) is 0 Å². The first-order valence-electron chi connectivity index (χ1n) is 13.0. The molecule has 0 radical (unpaired) electrons. The standard InChI is InChI=1S/C30H28N6OS/c31-30-29-24(28(35-30)26-15-23-22(27-7-4-12-38-27)5-3-6-25(23)34-26)14-20(17-33-29)19-13-21(18-32-16-19)37-11-10-36-8-1-2-9-36/h3-7,12-18,30,34H,1-2,8-11,31H2/t30-/m1/s1. The van der Waals surface area contributed by atoms with Gasteiger partial charge >= 0.3 is 0 Å². The first-order valence-corrected chi connectivity index (χ1v) is 13.9. The molecule has 1 aromatic carbocycles. The molecule has 0 unspecified atom stereocenters. The monoisotopic (exact) mass is 520 g/mol. The van der Waals surface area contributed by atoms with E-state index in [2.05, 4.69) is 62.7 Å². The van der Waals surface area contributed by atoms with Gasteiger partial charge in [-0.3, -0.25) is 19.9 Å². The number of nitrogens with one attached hydrogen (secondary N) is 1. The molecule has 0 saturated carbocycles. The van der Waals surface area contributed by atoms with Gasteiger partial charge in [0, 0.05) is 57.0 Å². The van der Waals surface area contributed by atoms with Crippen LogP contribution in [-0.4, -0.2) is 51.8 Å². The molecule has 0 amide bonds. The number of thiophene rings is 1. The van der Waals surface area contributed by atoms with Crippen molar-refractivity contribution in [2.45, 2.75) is 19.0 Å². The van der Waals surface area contributed by atoms with Crippen molar-refractivity contribution in [3.63, 3.8) is 0 Å². The first-order chi connectivity index (χ1) is 18.7. The maximum Gasteiger partial charge on any atom is 0.141 e. The lowest BCUT2D eigenvalue weighted by molar-refractivity contribution is 0.237. The second kappa shape index (κ2) is 9.79. The number of likely N-dealkylation sites (tertiary alicyclic amines) is 1. The van der Waals surface area contributed by atoms with Gasteiger partial charge in [0.05, 0.1) is 23.3 Å². The Hall–Kier alpha value is -3.85. The molecule has 0 spiro atoms. The minimum absolute atomic E-state index is 0.490. The molecule has 4 aromatic heterocycles. The van der Waals surface area contributed by atoms with Crippen LogP contribution in [0.2, 0.25) is 0 Å². The van der Waals surface area contributed by atoms with E-state index in [0.29, 0.717) is 6.61 Å². The zero-order valence-electron chi connectivity index (χ0n) is 20.9. The number of hydrogen-bond donors (Lipinski definition) is 2. The van der Waals surface area contributed by atoms with E-state index in [-0.39, 0.29) is 0 Å². The van der Waals surface area contributed by atoms with Crippen LogP contribution in [0.5, 0.6) is 5.75 Å². The fraction of sp³-hybridized carbons (Fsp3) is 0.233. The highest BCUT2D eigenvalue weighted by molar-refractivity contribution is 7.13. The molecule has 0 bridgehead atoms. The Kier molecular flexibility index (Phi) is 6.00. The van der Waals surface area contributed by atoms with Crippen LogP contribution in [0.15, 0.2) is 77.5 Å². The maximum atomic E-state index is 6.40. The molecule has 190 valence electrons. The number of aromatic nitrogens is 3. The van der Waals surface area contributed by atoms with Crippen LogP contribution in [0.3, 0.4) is 0 Å². The highest BCUT2D eigenvalue weighted by Crippen LogP contribution is 2.35. The van der Waals surface area contributed by atoms with E-state index in [1.807, 2.05) is 18.5 Å². The number of benzene rings is 1. The SMILES string of the molecule is N[C@@H]1N=C(c2cc3c(-c4cccs4)cccc3[nH]2)c2cc(-c3cncc(OCCN4CCCC4)c3)cnc21. The number of hydrogen-bond acceptors (Lipinski definition) is 7. The summed E-state index contributed by atoms with van der Waals surface area (Å²) in [6.07, 6.45) is 7.54. The maximum absolute atomic E-state index is 6.40. The normalized spacial score (nSPS) is 17.2. The number of fused-ring (bicyclic) bond motifs is 2. The highest BCUT2D eigenvalue weighted by atomic mass is 32.1. The van der Waals surface area contributed by atoms with Crippen molar-refractivity contribution >= 4 is 28.0 Å². The second-order valence-electron chi connectivity index (χ2n) is 9.81. The Bertz CT molecular complexity index is 1630. The van der Waals surface area contributed by atoms with Crippen LogP contribution in [-0.2, 0) is 0 Å². The Morgan fingerprint density at radius 2 is 1.89 bits per heavy atom. The molecule has 3 N–H and O–H groups in total. The third-order valence-corrected chi connectivity index (χ3v) is 8.25. The van der Waals surface area contributed by atoms with Gasteiger partial charge in [-0.2, -0.15) is 0 Å². The van der Waals surface area contributed by atoms with Gasteiger partial charge in [0.25, 0.3) is 0 Å². The van der Waals surface area contributed by atoms with Gasteiger partial charge in [-0.05, 0) is 61.6 Å². The molecule has 0 aliphatic carbocycles. The lowest BCUT2D eigenvalue weighted by Gasteiger charge is -2.15. The Balaban J connectivity index is 1.19. The average molecular weight is 521 g/mol. The lowest BCUT2D eigenvalue weighted by Crippen LogP contribution is -2.25. The third kappa shape index (κ3) is 4.30. The third-order valence-electron chi connectivity index (χ3n) is 7.35. The molecule has 7 rings (SSSR count). The largest absolute Gasteiger partial charge is 0.491 e. The summed E-state index contributed by atoms with van der Waals surface area (Å²) >= 11 is 1.74. The van der Waals surface area contributed by atoms with E-state index < -0.39 is 6.17 Å². The van der Waals surface area contributed by atoms with Gasteiger partial charge < -0.3 is 15.5 Å². The summed E-state index contributed by atoms with van der Waals surface area (Å²) in [5, 5.41) is 3.27. The van der Waals surface area contributed by atoms with E-state index in [1.54, 1.807) is 17.5 Å². The summed E-state index contributed by atoms with van der Waals surface area (Å²) in [6, 6.07) is 16.9. The van der Waals surface area contributed by atoms with Crippen molar-refractivity contribution in [1.82, 2.24) is 19.9 Å². The fourth-order valence-electron chi connectivity index (χ4n) is 5.43.